The van der Waals surface area contributed by atoms with Crippen LogP contribution in [-0.4, -0.2) is 30.5 Å². The summed E-state index contributed by atoms with van der Waals surface area (Å²) in [6.45, 7) is 0.263. The van der Waals surface area contributed by atoms with Crippen molar-refractivity contribution >= 4 is 22.5 Å². The fraction of sp³-hybridized carbons (Fsp3) is 0.0455. The van der Waals surface area contributed by atoms with Crippen LogP contribution in [0.4, 0.5) is 0 Å². The van der Waals surface area contributed by atoms with E-state index in [2.05, 4.69) is 25.5 Å². The lowest BCUT2D eigenvalue weighted by atomic mass is 10.1. The summed E-state index contributed by atoms with van der Waals surface area (Å²) in [6.07, 6.45) is 3.58. The van der Waals surface area contributed by atoms with Crippen LogP contribution < -0.4 is 5.32 Å². The maximum Gasteiger partial charge on any atom is 0.252 e. The largest absolute Gasteiger partial charge is 0.345 e. The van der Waals surface area contributed by atoms with E-state index in [-0.39, 0.29) is 12.5 Å². The maximum atomic E-state index is 13.1. The van der Waals surface area contributed by atoms with E-state index in [1.807, 2.05) is 71.3 Å². The molecule has 0 saturated heterocycles. The number of nitrogens with zero attached hydrogens (tertiary/aromatic N) is 5. The number of rotatable bonds is 4. The molecule has 5 aromatic rings. The molecule has 140 valence electrons. The topological polar surface area (TPSA) is 85.1 Å². The van der Waals surface area contributed by atoms with E-state index < -0.39 is 0 Å². The van der Waals surface area contributed by atoms with Crippen LogP contribution in [0.15, 0.2) is 79.1 Å². The first kappa shape index (κ1) is 17.0. The second-order valence-electron chi connectivity index (χ2n) is 6.51. The smallest absolute Gasteiger partial charge is 0.252 e. The van der Waals surface area contributed by atoms with Crippen LogP contribution >= 0.6 is 0 Å². The van der Waals surface area contributed by atoms with E-state index in [1.165, 1.54) is 0 Å². The third kappa shape index (κ3) is 3.19. The summed E-state index contributed by atoms with van der Waals surface area (Å²) in [6, 6.07) is 20.7. The molecule has 1 amide bonds. The number of carbonyl (C=O) groups excluding carboxylic acids is 1. The number of amides is 1. The first-order valence-corrected chi connectivity index (χ1v) is 9.17. The molecule has 0 atom stereocenters. The van der Waals surface area contributed by atoms with Crippen molar-refractivity contribution in [3.8, 4) is 11.4 Å². The zero-order valence-electron chi connectivity index (χ0n) is 15.4. The Hall–Kier alpha value is -4.13. The zero-order valence-corrected chi connectivity index (χ0v) is 15.4. The van der Waals surface area contributed by atoms with Crippen LogP contribution in [0.1, 0.15) is 16.2 Å². The van der Waals surface area contributed by atoms with E-state index in [0.29, 0.717) is 17.1 Å². The first-order chi connectivity index (χ1) is 14.3. The Bertz CT molecular complexity index is 1330. The SMILES string of the molecule is O=C(NCc1nnc2ccccn12)c1cc(-c2ccccn2)nc2ccccc12. The minimum atomic E-state index is -0.200. The third-order valence-electron chi connectivity index (χ3n) is 4.68. The van der Waals surface area contributed by atoms with E-state index in [9.17, 15) is 4.79 Å². The molecule has 0 radical (unpaired) electrons. The van der Waals surface area contributed by atoms with Gasteiger partial charge in [0.15, 0.2) is 11.5 Å². The number of hydrogen-bond donors (Lipinski definition) is 1. The van der Waals surface area contributed by atoms with Crippen molar-refractivity contribution in [2.75, 3.05) is 0 Å². The minimum absolute atomic E-state index is 0.200. The highest BCUT2D eigenvalue weighted by molar-refractivity contribution is 6.07. The molecule has 29 heavy (non-hydrogen) atoms. The lowest BCUT2D eigenvalue weighted by molar-refractivity contribution is 0.0951. The van der Waals surface area contributed by atoms with Gasteiger partial charge in [0.25, 0.3) is 5.91 Å². The second kappa shape index (κ2) is 7.12. The summed E-state index contributed by atoms with van der Waals surface area (Å²) in [7, 11) is 0. The summed E-state index contributed by atoms with van der Waals surface area (Å²) in [5.74, 6) is 0.464. The fourth-order valence-electron chi connectivity index (χ4n) is 3.27. The molecule has 0 saturated carbocycles. The standard InChI is InChI=1S/C22H16N6O/c29-22(24-14-21-27-26-20-10-4-6-12-28(20)21)16-13-19(18-9-3-5-11-23-18)25-17-8-2-1-7-15(16)17/h1-13H,14H2,(H,24,29). The van der Waals surface area contributed by atoms with Gasteiger partial charge in [0.05, 0.1) is 29.0 Å². The van der Waals surface area contributed by atoms with Gasteiger partial charge in [0.1, 0.15) is 0 Å². The highest BCUT2D eigenvalue weighted by atomic mass is 16.1. The lowest BCUT2D eigenvalue weighted by Gasteiger charge is -2.10. The van der Waals surface area contributed by atoms with E-state index in [1.54, 1.807) is 12.3 Å². The lowest BCUT2D eigenvalue weighted by Crippen LogP contribution is -2.24. The van der Waals surface area contributed by atoms with Crippen LogP contribution in [0.25, 0.3) is 27.9 Å². The minimum Gasteiger partial charge on any atom is -0.345 e. The molecular weight excluding hydrogens is 364 g/mol. The van der Waals surface area contributed by atoms with Gasteiger partial charge in [-0.2, -0.15) is 0 Å². The first-order valence-electron chi connectivity index (χ1n) is 9.17. The molecular formula is C22H16N6O. The molecule has 0 bridgehead atoms. The Balaban J connectivity index is 1.50. The number of carbonyl (C=O) groups is 1. The fourth-order valence-corrected chi connectivity index (χ4v) is 3.27. The van der Waals surface area contributed by atoms with Crippen LogP contribution in [0, 0.1) is 0 Å². The van der Waals surface area contributed by atoms with Crippen molar-refractivity contribution in [1.82, 2.24) is 29.9 Å². The van der Waals surface area contributed by atoms with Crippen molar-refractivity contribution in [2.24, 2.45) is 0 Å². The number of pyridine rings is 3. The third-order valence-corrected chi connectivity index (χ3v) is 4.68. The van der Waals surface area contributed by atoms with Crippen LogP contribution in [0.5, 0.6) is 0 Å². The molecule has 7 nitrogen and oxygen atoms in total. The summed E-state index contributed by atoms with van der Waals surface area (Å²) in [4.78, 5) is 22.1. The quantitative estimate of drug-likeness (QED) is 0.517. The predicted molar refractivity (Wildman–Crippen MR) is 109 cm³/mol. The van der Waals surface area contributed by atoms with Gasteiger partial charge in [-0.15, -0.1) is 10.2 Å². The van der Waals surface area contributed by atoms with Gasteiger partial charge < -0.3 is 5.32 Å². The monoisotopic (exact) mass is 380 g/mol. The zero-order chi connectivity index (χ0) is 19.6. The molecule has 0 unspecified atom stereocenters. The molecule has 1 aromatic carbocycles. The Kier molecular flexibility index (Phi) is 4.18. The highest BCUT2D eigenvalue weighted by Crippen LogP contribution is 2.23. The Morgan fingerprint density at radius 3 is 2.69 bits per heavy atom. The van der Waals surface area contributed by atoms with E-state index in [4.69, 9.17) is 0 Å². The number of nitrogens with one attached hydrogen (secondary N) is 1. The van der Waals surface area contributed by atoms with Gasteiger partial charge in [0, 0.05) is 17.8 Å². The molecule has 4 aromatic heterocycles. The number of aromatic nitrogens is 5. The Morgan fingerprint density at radius 1 is 0.931 bits per heavy atom. The summed E-state index contributed by atoms with van der Waals surface area (Å²) in [5, 5.41) is 12.0. The number of hydrogen-bond acceptors (Lipinski definition) is 5. The summed E-state index contributed by atoms with van der Waals surface area (Å²) < 4.78 is 1.85. The number of fused-ring (bicyclic) bond motifs is 2. The second-order valence-corrected chi connectivity index (χ2v) is 6.51. The average molecular weight is 380 g/mol. The molecule has 4 heterocycles. The van der Waals surface area contributed by atoms with Gasteiger partial charge >= 0.3 is 0 Å². The van der Waals surface area contributed by atoms with E-state index >= 15 is 0 Å². The van der Waals surface area contributed by atoms with Crippen LogP contribution in [0.3, 0.4) is 0 Å². The molecule has 0 aliphatic rings. The van der Waals surface area contributed by atoms with Gasteiger partial charge in [-0.25, -0.2) is 4.98 Å². The van der Waals surface area contributed by atoms with Crippen molar-refractivity contribution in [3.63, 3.8) is 0 Å². The number of para-hydroxylation sites is 1. The van der Waals surface area contributed by atoms with Crippen LogP contribution in [0.2, 0.25) is 0 Å². The van der Waals surface area contributed by atoms with Gasteiger partial charge in [0.2, 0.25) is 0 Å². The van der Waals surface area contributed by atoms with E-state index in [0.717, 1.165) is 22.2 Å². The normalized spacial score (nSPS) is 11.0. The van der Waals surface area contributed by atoms with Gasteiger partial charge in [-0.1, -0.05) is 30.3 Å². The average Bonchev–Trinajstić information content (AvgIpc) is 3.20. The molecule has 0 fully saturated rings. The van der Waals surface area contributed by atoms with Crippen molar-refractivity contribution in [3.05, 3.63) is 90.5 Å². The van der Waals surface area contributed by atoms with Crippen molar-refractivity contribution in [1.29, 1.82) is 0 Å². The molecule has 0 spiro atoms. The summed E-state index contributed by atoms with van der Waals surface area (Å²) in [5.41, 5.74) is 3.40. The number of benzene rings is 1. The molecule has 0 aliphatic heterocycles. The van der Waals surface area contributed by atoms with Crippen molar-refractivity contribution in [2.45, 2.75) is 6.54 Å². The predicted octanol–water partition coefficient (Wildman–Crippen LogP) is 3.27. The molecule has 1 N–H and O–H groups in total. The van der Waals surface area contributed by atoms with Gasteiger partial charge in [-0.3, -0.25) is 14.2 Å². The van der Waals surface area contributed by atoms with Crippen LogP contribution in [-0.2, 0) is 6.54 Å². The van der Waals surface area contributed by atoms with Gasteiger partial charge in [-0.05, 0) is 36.4 Å². The Morgan fingerprint density at radius 2 is 1.79 bits per heavy atom. The Labute approximate surface area is 166 Å². The molecule has 7 heteroatoms. The highest BCUT2D eigenvalue weighted by Gasteiger charge is 2.15. The molecule has 0 aliphatic carbocycles. The molecule has 5 rings (SSSR count). The summed E-state index contributed by atoms with van der Waals surface area (Å²) >= 11 is 0. The maximum absolute atomic E-state index is 13.1. The van der Waals surface area contributed by atoms with Crippen molar-refractivity contribution < 1.29 is 4.79 Å².